The predicted octanol–water partition coefficient (Wildman–Crippen LogP) is 3.42. The van der Waals surface area contributed by atoms with Crippen molar-refractivity contribution in [3.63, 3.8) is 0 Å². The molecule has 3 atom stereocenters. The van der Waals surface area contributed by atoms with Gasteiger partial charge in [0.2, 0.25) is 0 Å². The van der Waals surface area contributed by atoms with Crippen LogP contribution >= 0.6 is 0 Å². The van der Waals surface area contributed by atoms with Gasteiger partial charge in [0, 0.05) is 18.9 Å². The van der Waals surface area contributed by atoms with Gasteiger partial charge >= 0.3 is 18.0 Å². The molecule has 0 radical (unpaired) electrons. The molecule has 146 valence electrons. The molecule has 0 saturated carbocycles. The third-order valence-corrected chi connectivity index (χ3v) is 3.90. The Labute approximate surface area is 150 Å². The molecule has 0 unspecified atom stereocenters. The molecular weight excluding hydrogens is 326 g/mol. The first-order valence-electron chi connectivity index (χ1n) is 8.93. The SMILES string of the molecule is CC[C@@H](C)C[C@H](CNC(=O)O[C@H](OC(=O)C(C)C)C(C)C)CC(=O)O. The number of hydrogen-bond acceptors (Lipinski definition) is 5. The smallest absolute Gasteiger partial charge is 0.410 e. The zero-order valence-corrected chi connectivity index (χ0v) is 16.2. The molecule has 0 rings (SSSR count). The summed E-state index contributed by atoms with van der Waals surface area (Å²) in [4.78, 5) is 34.6. The van der Waals surface area contributed by atoms with Gasteiger partial charge < -0.3 is 19.9 Å². The van der Waals surface area contributed by atoms with Crippen molar-refractivity contribution < 1.29 is 29.0 Å². The number of hydrogen-bond donors (Lipinski definition) is 2. The molecule has 0 aromatic heterocycles. The van der Waals surface area contributed by atoms with E-state index < -0.39 is 24.3 Å². The summed E-state index contributed by atoms with van der Waals surface area (Å²) in [5.41, 5.74) is 0. The normalized spacial score (nSPS) is 14.7. The first-order valence-corrected chi connectivity index (χ1v) is 8.93. The Kier molecular flexibility index (Phi) is 10.9. The van der Waals surface area contributed by atoms with E-state index in [0.717, 1.165) is 6.42 Å². The highest BCUT2D eigenvalue weighted by molar-refractivity contribution is 5.72. The largest absolute Gasteiger partial charge is 0.481 e. The van der Waals surface area contributed by atoms with Gasteiger partial charge in [-0.25, -0.2) is 4.79 Å². The summed E-state index contributed by atoms with van der Waals surface area (Å²) in [5, 5.41) is 11.6. The molecule has 0 bridgehead atoms. The quantitative estimate of drug-likeness (QED) is 0.433. The second-order valence-corrected chi connectivity index (χ2v) is 7.20. The number of carbonyl (C=O) groups excluding carboxylic acids is 2. The molecule has 7 heteroatoms. The third kappa shape index (κ3) is 10.6. The molecule has 0 spiro atoms. The molecule has 0 aromatic carbocycles. The summed E-state index contributed by atoms with van der Waals surface area (Å²) in [6.45, 7) is 11.3. The number of carboxylic acids is 1. The Morgan fingerprint density at radius 3 is 2.08 bits per heavy atom. The van der Waals surface area contributed by atoms with Gasteiger partial charge in [-0.15, -0.1) is 0 Å². The lowest BCUT2D eigenvalue weighted by Crippen LogP contribution is -2.37. The van der Waals surface area contributed by atoms with Crippen LogP contribution in [0.3, 0.4) is 0 Å². The monoisotopic (exact) mass is 359 g/mol. The number of esters is 1. The van der Waals surface area contributed by atoms with Crippen LogP contribution in [-0.4, -0.2) is 36.0 Å². The minimum absolute atomic E-state index is 0.0133. The summed E-state index contributed by atoms with van der Waals surface area (Å²) in [6, 6.07) is 0. The Morgan fingerprint density at radius 1 is 1.04 bits per heavy atom. The zero-order valence-electron chi connectivity index (χ0n) is 16.2. The van der Waals surface area contributed by atoms with Crippen molar-refractivity contribution in [3.8, 4) is 0 Å². The van der Waals surface area contributed by atoms with Crippen molar-refractivity contribution >= 4 is 18.0 Å². The number of amides is 1. The van der Waals surface area contributed by atoms with Crippen LogP contribution in [0.2, 0.25) is 0 Å². The van der Waals surface area contributed by atoms with E-state index in [-0.39, 0.29) is 30.7 Å². The van der Waals surface area contributed by atoms with Gasteiger partial charge in [0.15, 0.2) is 0 Å². The molecule has 7 nitrogen and oxygen atoms in total. The molecule has 2 N–H and O–H groups in total. The summed E-state index contributed by atoms with van der Waals surface area (Å²) < 4.78 is 10.4. The van der Waals surface area contributed by atoms with Gasteiger partial charge in [-0.2, -0.15) is 0 Å². The minimum Gasteiger partial charge on any atom is -0.481 e. The molecule has 0 saturated heterocycles. The lowest BCUT2D eigenvalue weighted by atomic mass is 9.91. The van der Waals surface area contributed by atoms with Crippen molar-refractivity contribution in [1.82, 2.24) is 5.32 Å². The van der Waals surface area contributed by atoms with E-state index in [9.17, 15) is 14.4 Å². The molecule has 1 amide bonds. The molecule has 25 heavy (non-hydrogen) atoms. The Hall–Kier alpha value is -1.79. The predicted molar refractivity (Wildman–Crippen MR) is 93.9 cm³/mol. The Bertz CT molecular complexity index is 435. The fourth-order valence-electron chi connectivity index (χ4n) is 2.14. The molecule has 0 aliphatic heterocycles. The highest BCUT2D eigenvalue weighted by atomic mass is 16.7. The molecule has 0 aliphatic rings. The van der Waals surface area contributed by atoms with Gasteiger partial charge in [-0.3, -0.25) is 9.59 Å². The lowest BCUT2D eigenvalue weighted by Gasteiger charge is -2.23. The van der Waals surface area contributed by atoms with Crippen molar-refractivity contribution in [2.24, 2.45) is 23.7 Å². The van der Waals surface area contributed by atoms with Crippen LogP contribution in [-0.2, 0) is 19.1 Å². The van der Waals surface area contributed by atoms with Crippen molar-refractivity contribution in [2.45, 2.75) is 67.1 Å². The number of carboxylic acid groups (broad SMARTS) is 1. The Balaban J connectivity index is 4.59. The Morgan fingerprint density at radius 2 is 1.64 bits per heavy atom. The highest BCUT2D eigenvalue weighted by Gasteiger charge is 2.25. The van der Waals surface area contributed by atoms with E-state index in [0.29, 0.717) is 12.3 Å². The fraction of sp³-hybridized carbons (Fsp3) is 0.833. The second-order valence-electron chi connectivity index (χ2n) is 7.20. The van der Waals surface area contributed by atoms with Crippen molar-refractivity contribution in [2.75, 3.05) is 6.54 Å². The van der Waals surface area contributed by atoms with Gasteiger partial charge in [-0.05, 0) is 18.3 Å². The first kappa shape index (κ1) is 23.2. The maximum atomic E-state index is 12.0. The second kappa shape index (κ2) is 11.7. The van der Waals surface area contributed by atoms with E-state index >= 15 is 0 Å². The van der Waals surface area contributed by atoms with Gasteiger partial charge in [-0.1, -0.05) is 48.0 Å². The average Bonchev–Trinajstić information content (AvgIpc) is 2.50. The van der Waals surface area contributed by atoms with E-state index in [2.05, 4.69) is 5.32 Å². The maximum absolute atomic E-state index is 12.0. The summed E-state index contributed by atoms with van der Waals surface area (Å²) in [5.74, 6) is -1.64. The molecular formula is C18H33NO6. The van der Waals surface area contributed by atoms with Crippen molar-refractivity contribution in [1.29, 1.82) is 0 Å². The number of carbonyl (C=O) groups is 3. The van der Waals surface area contributed by atoms with Crippen molar-refractivity contribution in [3.05, 3.63) is 0 Å². The number of nitrogens with one attached hydrogen (secondary N) is 1. The standard InChI is InChI=1S/C18H33NO6/c1-7-13(6)8-14(9-15(20)21)10-19-18(23)25-17(12(4)5)24-16(22)11(2)3/h11-14,17H,7-10H2,1-6H3,(H,19,23)(H,20,21)/t13-,14+,17+/m1/s1. The van der Waals surface area contributed by atoms with Crippen LogP contribution in [0, 0.1) is 23.7 Å². The molecule has 0 heterocycles. The van der Waals surface area contributed by atoms with Crippen LogP contribution in [0.15, 0.2) is 0 Å². The number of ether oxygens (including phenoxy) is 2. The topological polar surface area (TPSA) is 102 Å². The van der Waals surface area contributed by atoms with E-state index in [1.54, 1.807) is 27.7 Å². The minimum atomic E-state index is -0.970. The summed E-state index contributed by atoms with van der Waals surface area (Å²) >= 11 is 0. The van der Waals surface area contributed by atoms with Crippen LogP contribution in [0.1, 0.15) is 60.8 Å². The van der Waals surface area contributed by atoms with E-state index in [1.165, 1.54) is 0 Å². The van der Waals surface area contributed by atoms with Gasteiger partial charge in [0.05, 0.1) is 5.92 Å². The van der Waals surface area contributed by atoms with E-state index in [4.69, 9.17) is 14.6 Å². The van der Waals surface area contributed by atoms with Crippen LogP contribution < -0.4 is 5.32 Å². The number of alkyl carbamates (subject to hydrolysis) is 1. The van der Waals surface area contributed by atoms with Gasteiger partial charge in [0.1, 0.15) is 0 Å². The van der Waals surface area contributed by atoms with Crippen LogP contribution in [0.4, 0.5) is 4.79 Å². The lowest BCUT2D eigenvalue weighted by molar-refractivity contribution is -0.178. The number of rotatable bonds is 11. The average molecular weight is 359 g/mol. The first-order chi connectivity index (χ1) is 11.6. The highest BCUT2D eigenvalue weighted by Crippen LogP contribution is 2.18. The molecule has 0 aromatic rings. The summed E-state index contributed by atoms with van der Waals surface area (Å²) in [7, 11) is 0. The number of aliphatic carboxylic acids is 1. The maximum Gasteiger partial charge on any atom is 0.410 e. The van der Waals surface area contributed by atoms with Crippen LogP contribution in [0.25, 0.3) is 0 Å². The van der Waals surface area contributed by atoms with Gasteiger partial charge in [0.25, 0.3) is 6.29 Å². The van der Waals surface area contributed by atoms with E-state index in [1.807, 2.05) is 13.8 Å². The summed E-state index contributed by atoms with van der Waals surface area (Å²) in [6.07, 6.45) is -0.0435. The molecule has 0 aliphatic carbocycles. The molecule has 0 fully saturated rings. The van der Waals surface area contributed by atoms with Crippen LogP contribution in [0.5, 0.6) is 0 Å². The fourth-order valence-corrected chi connectivity index (χ4v) is 2.14. The third-order valence-electron chi connectivity index (χ3n) is 3.90. The zero-order chi connectivity index (χ0) is 19.6.